The number of nitrogens with zero attached hydrogens (tertiary/aromatic N) is 2. The average molecular weight is 372 g/mol. The van der Waals surface area contributed by atoms with E-state index in [-0.39, 0.29) is 5.56 Å². The van der Waals surface area contributed by atoms with E-state index in [1.54, 1.807) is 24.3 Å². The molecule has 8 heteroatoms. The van der Waals surface area contributed by atoms with E-state index in [9.17, 15) is 23.2 Å². The van der Waals surface area contributed by atoms with Crippen molar-refractivity contribution in [3.63, 3.8) is 0 Å². The van der Waals surface area contributed by atoms with Gasteiger partial charge in [-0.25, -0.2) is 13.8 Å². The second-order valence-corrected chi connectivity index (χ2v) is 5.82. The van der Waals surface area contributed by atoms with E-state index < -0.39 is 41.6 Å². The predicted molar refractivity (Wildman–Crippen MR) is 92.2 cm³/mol. The summed E-state index contributed by atoms with van der Waals surface area (Å²) in [5.41, 5.74) is -0.0510. The molecule has 0 saturated heterocycles. The van der Waals surface area contributed by atoms with Crippen LogP contribution in [-0.2, 0) is 16.1 Å². The van der Waals surface area contributed by atoms with Crippen LogP contribution < -0.4 is 5.56 Å². The van der Waals surface area contributed by atoms with Gasteiger partial charge in [-0.1, -0.05) is 12.1 Å². The standard InChI is InChI=1S/C19H14F2N2O4/c1-11(18(25)12-6-7-14(20)15(21)8-12)27-17(24)9-23-10-22-16-5-3-2-4-13(16)19(23)26/h2-8,10-11H,9H2,1H3. The summed E-state index contributed by atoms with van der Waals surface area (Å²) in [6, 6.07) is 9.32. The Labute approximate surface area is 152 Å². The molecule has 27 heavy (non-hydrogen) atoms. The second kappa shape index (κ2) is 7.45. The molecule has 0 saturated carbocycles. The average Bonchev–Trinajstić information content (AvgIpc) is 2.65. The topological polar surface area (TPSA) is 78.3 Å². The van der Waals surface area contributed by atoms with Crippen LogP contribution in [0.1, 0.15) is 17.3 Å². The van der Waals surface area contributed by atoms with Crippen molar-refractivity contribution in [2.45, 2.75) is 19.6 Å². The van der Waals surface area contributed by atoms with Crippen molar-refractivity contribution in [3.8, 4) is 0 Å². The van der Waals surface area contributed by atoms with Gasteiger partial charge in [-0.05, 0) is 37.3 Å². The summed E-state index contributed by atoms with van der Waals surface area (Å²) in [6.07, 6.45) is -0.0141. The molecule has 0 N–H and O–H groups in total. The predicted octanol–water partition coefficient (Wildman–Crippen LogP) is 2.49. The van der Waals surface area contributed by atoms with E-state index in [4.69, 9.17) is 4.74 Å². The number of para-hydroxylation sites is 1. The molecular formula is C19H14F2N2O4. The van der Waals surface area contributed by atoms with E-state index >= 15 is 0 Å². The van der Waals surface area contributed by atoms with Crippen LogP contribution in [0.3, 0.4) is 0 Å². The van der Waals surface area contributed by atoms with Gasteiger partial charge in [-0.2, -0.15) is 0 Å². The number of hydrogen-bond donors (Lipinski definition) is 0. The van der Waals surface area contributed by atoms with Gasteiger partial charge >= 0.3 is 5.97 Å². The van der Waals surface area contributed by atoms with Crippen molar-refractivity contribution in [3.05, 3.63) is 76.3 Å². The number of hydrogen-bond acceptors (Lipinski definition) is 5. The number of ketones is 1. The first-order valence-corrected chi connectivity index (χ1v) is 7.99. The monoisotopic (exact) mass is 372 g/mol. The number of benzene rings is 2. The molecule has 1 heterocycles. The van der Waals surface area contributed by atoms with E-state index in [0.29, 0.717) is 10.9 Å². The number of carbonyl (C=O) groups is 2. The van der Waals surface area contributed by atoms with E-state index in [0.717, 1.165) is 22.8 Å². The van der Waals surface area contributed by atoms with Gasteiger partial charge in [0.05, 0.1) is 17.2 Å². The highest BCUT2D eigenvalue weighted by atomic mass is 19.2. The Bertz CT molecular complexity index is 1090. The first-order valence-electron chi connectivity index (χ1n) is 7.99. The summed E-state index contributed by atoms with van der Waals surface area (Å²) in [5.74, 6) is -3.78. The molecule has 138 valence electrons. The van der Waals surface area contributed by atoms with Gasteiger partial charge in [0.2, 0.25) is 5.78 Å². The highest BCUT2D eigenvalue weighted by molar-refractivity contribution is 6.00. The van der Waals surface area contributed by atoms with Crippen molar-refractivity contribution in [1.29, 1.82) is 0 Å². The van der Waals surface area contributed by atoms with Crippen molar-refractivity contribution >= 4 is 22.7 Å². The number of rotatable bonds is 5. The number of Topliss-reactive ketones (excluding diaryl/α,β-unsaturated/α-hetero) is 1. The molecule has 1 atom stereocenters. The van der Waals surface area contributed by atoms with Crippen LogP contribution in [0.25, 0.3) is 10.9 Å². The molecule has 6 nitrogen and oxygen atoms in total. The molecule has 0 aliphatic heterocycles. The minimum absolute atomic E-state index is 0.126. The molecule has 0 bridgehead atoms. The highest BCUT2D eigenvalue weighted by Crippen LogP contribution is 2.12. The fraction of sp³-hybridized carbons (Fsp3) is 0.158. The smallest absolute Gasteiger partial charge is 0.326 e. The molecule has 1 unspecified atom stereocenters. The highest BCUT2D eigenvalue weighted by Gasteiger charge is 2.21. The SMILES string of the molecule is CC(OC(=O)Cn1cnc2ccccc2c1=O)C(=O)c1ccc(F)c(F)c1. The summed E-state index contributed by atoms with van der Waals surface area (Å²) < 4.78 is 32.3. The molecule has 0 fully saturated rings. The zero-order chi connectivity index (χ0) is 19.6. The Morgan fingerprint density at radius 3 is 2.63 bits per heavy atom. The van der Waals surface area contributed by atoms with Crippen LogP contribution >= 0.6 is 0 Å². The third-order valence-electron chi connectivity index (χ3n) is 3.91. The van der Waals surface area contributed by atoms with Gasteiger partial charge in [-0.15, -0.1) is 0 Å². The third kappa shape index (κ3) is 3.89. The fourth-order valence-corrected chi connectivity index (χ4v) is 2.53. The first kappa shape index (κ1) is 18.4. The van der Waals surface area contributed by atoms with E-state index in [2.05, 4.69) is 4.98 Å². The zero-order valence-corrected chi connectivity index (χ0v) is 14.2. The lowest BCUT2D eigenvalue weighted by molar-refractivity contribution is -0.147. The van der Waals surface area contributed by atoms with Crippen LogP contribution in [0.5, 0.6) is 0 Å². The molecule has 0 aliphatic rings. The minimum atomic E-state index is -1.23. The second-order valence-electron chi connectivity index (χ2n) is 5.82. The van der Waals surface area contributed by atoms with Crippen LogP contribution in [0.4, 0.5) is 8.78 Å². The molecule has 0 aliphatic carbocycles. The Kier molecular flexibility index (Phi) is 5.07. The summed E-state index contributed by atoms with van der Waals surface area (Å²) in [4.78, 5) is 40.7. The lowest BCUT2D eigenvalue weighted by Gasteiger charge is -2.13. The Morgan fingerprint density at radius 1 is 1.15 bits per heavy atom. The van der Waals surface area contributed by atoms with Crippen LogP contribution in [0.15, 0.2) is 53.6 Å². The number of halogens is 2. The van der Waals surface area contributed by atoms with Gasteiger partial charge in [-0.3, -0.25) is 19.0 Å². The van der Waals surface area contributed by atoms with E-state index in [1.165, 1.54) is 13.3 Å². The Hall–Kier alpha value is -3.42. The van der Waals surface area contributed by atoms with Crippen molar-refractivity contribution in [2.24, 2.45) is 0 Å². The first-order chi connectivity index (χ1) is 12.9. The lowest BCUT2D eigenvalue weighted by atomic mass is 10.1. The zero-order valence-electron chi connectivity index (χ0n) is 14.2. The van der Waals surface area contributed by atoms with Crippen LogP contribution in [0, 0.1) is 11.6 Å². The third-order valence-corrected chi connectivity index (χ3v) is 3.91. The van der Waals surface area contributed by atoms with Crippen LogP contribution in [-0.4, -0.2) is 27.4 Å². The summed E-state index contributed by atoms with van der Waals surface area (Å²) in [7, 11) is 0. The van der Waals surface area contributed by atoms with Gasteiger partial charge in [0.15, 0.2) is 17.7 Å². The molecule has 2 aromatic carbocycles. The number of carbonyl (C=O) groups excluding carboxylic acids is 2. The molecule has 3 aromatic rings. The van der Waals surface area contributed by atoms with Gasteiger partial charge < -0.3 is 4.74 Å². The molecule has 0 spiro atoms. The molecule has 0 amide bonds. The van der Waals surface area contributed by atoms with E-state index in [1.807, 2.05) is 0 Å². The summed E-state index contributed by atoms with van der Waals surface area (Å²) in [5, 5.41) is 0.346. The number of ether oxygens (including phenoxy) is 1. The fourth-order valence-electron chi connectivity index (χ4n) is 2.53. The largest absolute Gasteiger partial charge is 0.453 e. The Morgan fingerprint density at radius 2 is 1.89 bits per heavy atom. The number of aromatic nitrogens is 2. The maximum Gasteiger partial charge on any atom is 0.326 e. The minimum Gasteiger partial charge on any atom is -0.453 e. The maximum absolute atomic E-state index is 13.2. The van der Waals surface area contributed by atoms with Gasteiger partial charge in [0.25, 0.3) is 5.56 Å². The maximum atomic E-state index is 13.2. The normalized spacial score (nSPS) is 12.0. The van der Waals surface area contributed by atoms with Crippen molar-refractivity contribution < 1.29 is 23.1 Å². The van der Waals surface area contributed by atoms with Gasteiger partial charge in [0, 0.05) is 5.56 Å². The van der Waals surface area contributed by atoms with Crippen molar-refractivity contribution in [2.75, 3.05) is 0 Å². The molecule has 3 rings (SSSR count). The summed E-state index contributed by atoms with van der Waals surface area (Å²) >= 11 is 0. The molecular weight excluding hydrogens is 358 g/mol. The molecule has 0 radical (unpaired) electrons. The number of fused-ring (bicyclic) bond motifs is 1. The Balaban J connectivity index is 1.72. The number of esters is 1. The summed E-state index contributed by atoms with van der Waals surface area (Å²) in [6.45, 7) is 0.870. The lowest BCUT2D eigenvalue weighted by Crippen LogP contribution is -2.30. The van der Waals surface area contributed by atoms with Gasteiger partial charge in [0.1, 0.15) is 6.54 Å². The molecule has 1 aromatic heterocycles. The van der Waals surface area contributed by atoms with Crippen LogP contribution in [0.2, 0.25) is 0 Å². The quantitative estimate of drug-likeness (QED) is 0.508. The van der Waals surface area contributed by atoms with Crippen molar-refractivity contribution in [1.82, 2.24) is 9.55 Å².